The van der Waals surface area contributed by atoms with Crippen molar-refractivity contribution in [3.63, 3.8) is 0 Å². The van der Waals surface area contributed by atoms with E-state index in [2.05, 4.69) is 18.9 Å². The van der Waals surface area contributed by atoms with Crippen molar-refractivity contribution >= 4 is 0 Å². The van der Waals surface area contributed by atoms with Gasteiger partial charge in [0, 0.05) is 6.54 Å². The molecule has 0 aromatic heterocycles. The number of phenolic OH excluding ortho intramolecular Hbond substituents is 1. The smallest absolute Gasteiger partial charge is 0.115 e. The maximum atomic E-state index is 9.12. The summed E-state index contributed by atoms with van der Waals surface area (Å²) in [7, 11) is 2.13. The van der Waals surface area contributed by atoms with E-state index in [1.165, 1.54) is 18.4 Å². The number of rotatable bonds is 5. The molecule has 0 aliphatic heterocycles. The summed E-state index contributed by atoms with van der Waals surface area (Å²) in [6.07, 6.45) is 2.48. The zero-order valence-corrected chi connectivity index (χ0v) is 9.03. The zero-order valence-electron chi connectivity index (χ0n) is 9.03. The van der Waals surface area contributed by atoms with E-state index in [0.29, 0.717) is 5.75 Å². The molecule has 2 heteroatoms. The van der Waals surface area contributed by atoms with Crippen molar-refractivity contribution in [1.29, 1.82) is 0 Å². The SMILES string of the molecule is CCCCN(C)Cc1ccc(O)cc1. The molecule has 0 saturated heterocycles. The Morgan fingerprint density at radius 1 is 1.21 bits per heavy atom. The normalized spacial score (nSPS) is 10.8. The average molecular weight is 193 g/mol. The van der Waals surface area contributed by atoms with Crippen LogP contribution in [0.1, 0.15) is 25.3 Å². The molecule has 14 heavy (non-hydrogen) atoms. The number of phenols is 1. The Morgan fingerprint density at radius 3 is 2.43 bits per heavy atom. The fraction of sp³-hybridized carbons (Fsp3) is 0.500. The molecule has 1 rings (SSSR count). The van der Waals surface area contributed by atoms with Gasteiger partial charge in [-0.2, -0.15) is 0 Å². The first kappa shape index (κ1) is 11.1. The minimum absolute atomic E-state index is 0.338. The third kappa shape index (κ3) is 3.79. The molecule has 1 N–H and O–H groups in total. The molecule has 0 aliphatic carbocycles. The monoisotopic (exact) mass is 193 g/mol. The van der Waals surface area contributed by atoms with E-state index in [0.717, 1.165) is 13.1 Å². The summed E-state index contributed by atoms with van der Waals surface area (Å²) in [5, 5.41) is 9.12. The van der Waals surface area contributed by atoms with E-state index < -0.39 is 0 Å². The van der Waals surface area contributed by atoms with Crippen LogP contribution >= 0.6 is 0 Å². The molecule has 0 atom stereocenters. The van der Waals surface area contributed by atoms with E-state index in [9.17, 15) is 0 Å². The molecular weight excluding hydrogens is 174 g/mol. The van der Waals surface area contributed by atoms with Crippen LogP contribution in [-0.4, -0.2) is 23.6 Å². The van der Waals surface area contributed by atoms with Crippen molar-refractivity contribution in [3.05, 3.63) is 29.8 Å². The lowest BCUT2D eigenvalue weighted by Crippen LogP contribution is -2.18. The Kier molecular flexibility index (Phi) is 4.47. The fourth-order valence-corrected chi connectivity index (χ4v) is 1.42. The van der Waals surface area contributed by atoms with Gasteiger partial charge in [0.2, 0.25) is 0 Å². The molecule has 0 radical (unpaired) electrons. The Balaban J connectivity index is 2.39. The zero-order chi connectivity index (χ0) is 10.4. The molecule has 0 fully saturated rings. The molecule has 0 aliphatic rings. The van der Waals surface area contributed by atoms with Crippen molar-refractivity contribution in [2.24, 2.45) is 0 Å². The molecule has 78 valence electrons. The Morgan fingerprint density at radius 2 is 1.86 bits per heavy atom. The lowest BCUT2D eigenvalue weighted by Gasteiger charge is -2.15. The maximum absolute atomic E-state index is 9.12. The van der Waals surface area contributed by atoms with Crippen LogP contribution in [0.5, 0.6) is 5.75 Å². The van der Waals surface area contributed by atoms with E-state index in [1.807, 2.05) is 12.1 Å². The van der Waals surface area contributed by atoms with Crippen LogP contribution < -0.4 is 0 Å². The number of hydrogen-bond donors (Lipinski definition) is 1. The molecule has 0 saturated carbocycles. The summed E-state index contributed by atoms with van der Waals surface area (Å²) in [6.45, 7) is 4.30. The topological polar surface area (TPSA) is 23.5 Å². The summed E-state index contributed by atoms with van der Waals surface area (Å²) in [5.74, 6) is 0.338. The van der Waals surface area contributed by atoms with E-state index in [-0.39, 0.29) is 0 Å². The van der Waals surface area contributed by atoms with Crippen molar-refractivity contribution in [1.82, 2.24) is 4.90 Å². The van der Waals surface area contributed by atoms with Crippen LogP contribution in [0.15, 0.2) is 24.3 Å². The largest absolute Gasteiger partial charge is 0.508 e. The van der Waals surface area contributed by atoms with Gasteiger partial charge in [0.1, 0.15) is 5.75 Å². The molecule has 0 unspecified atom stereocenters. The Labute approximate surface area is 86.2 Å². The van der Waals surface area contributed by atoms with Crippen molar-refractivity contribution in [2.75, 3.05) is 13.6 Å². The standard InChI is InChI=1S/C12H19NO/c1-3-4-9-13(2)10-11-5-7-12(14)8-6-11/h5-8,14H,3-4,9-10H2,1-2H3. The second kappa shape index (κ2) is 5.66. The fourth-order valence-electron chi connectivity index (χ4n) is 1.42. The lowest BCUT2D eigenvalue weighted by atomic mass is 10.2. The van der Waals surface area contributed by atoms with E-state index >= 15 is 0 Å². The first-order chi connectivity index (χ1) is 6.72. The highest BCUT2D eigenvalue weighted by Crippen LogP contribution is 2.11. The Bertz CT molecular complexity index is 256. The van der Waals surface area contributed by atoms with Crippen molar-refractivity contribution in [3.8, 4) is 5.75 Å². The molecule has 0 heterocycles. The van der Waals surface area contributed by atoms with Crippen LogP contribution in [0.3, 0.4) is 0 Å². The van der Waals surface area contributed by atoms with Gasteiger partial charge in [-0.25, -0.2) is 0 Å². The van der Waals surface area contributed by atoms with Crippen LogP contribution in [0.4, 0.5) is 0 Å². The third-order valence-electron chi connectivity index (χ3n) is 2.28. The minimum atomic E-state index is 0.338. The third-order valence-corrected chi connectivity index (χ3v) is 2.28. The highest BCUT2D eigenvalue weighted by Gasteiger charge is 1.99. The number of nitrogens with zero attached hydrogens (tertiary/aromatic N) is 1. The average Bonchev–Trinajstić information content (AvgIpc) is 2.18. The number of hydrogen-bond acceptors (Lipinski definition) is 2. The van der Waals surface area contributed by atoms with E-state index in [1.54, 1.807) is 12.1 Å². The molecule has 2 nitrogen and oxygen atoms in total. The van der Waals surface area contributed by atoms with Gasteiger partial charge in [0.15, 0.2) is 0 Å². The highest BCUT2D eigenvalue weighted by atomic mass is 16.3. The Hall–Kier alpha value is -1.02. The van der Waals surface area contributed by atoms with Crippen LogP contribution in [-0.2, 0) is 6.54 Å². The molecule has 1 aromatic rings. The molecule has 0 bridgehead atoms. The van der Waals surface area contributed by atoms with Gasteiger partial charge in [-0.05, 0) is 37.7 Å². The summed E-state index contributed by atoms with van der Waals surface area (Å²) in [6, 6.07) is 7.42. The maximum Gasteiger partial charge on any atom is 0.115 e. The van der Waals surface area contributed by atoms with Gasteiger partial charge >= 0.3 is 0 Å². The van der Waals surface area contributed by atoms with Gasteiger partial charge in [-0.1, -0.05) is 25.5 Å². The van der Waals surface area contributed by atoms with Crippen molar-refractivity contribution < 1.29 is 5.11 Å². The second-order valence-corrected chi connectivity index (χ2v) is 3.76. The first-order valence-electron chi connectivity index (χ1n) is 5.19. The first-order valence-corrected chi connectivity index (χ1v) is 5.19. The molecule has 1 aromatic carbocycles. The number of unbranched alkanes of at least 4 members (excludes halogenated alkanes) is 1. The van der Waals surface area contributed by atoms with Crippen LogP contribution in [0.25, 0.3) is 0 Å². The van der Waals surface area contributed by atoms with Gasteiger partial charge in [0.25, 0.3) is 0 Å². The van der Waals surface area contributed by atoms with Crippen LogP contribution in [0.2, 0.25) is 0 Å². The van der Waals surface area contributed by atoms with Gasteiger partial charge in [-0.3, -0.25) is 0 Å². The van der Waals surface area contributed by atoms with Gasteiger partial charge in [-0.15, -0.1) is 0 Å². The predicted octanol–water partition coefficient (Wildman–Crippen LogP) is 2.62. The van der Waals surface area contributed by atoms with E-state index in [4.69, 9.17) is 5.11 Å². The van der Waals surface area contributed by atoms with Crippen molar-refractivity contribution in [2.45, 2.75) is 26.3 Å². The summed E-state index contributed by atoms with van der Waals surface area (Å²) in [5.41, 5.74) is 1.25. The predicted molar refractivity (Wildman–Crippen MR) is 59.3 cm³/mol. The summed E-state index contributed by atoms with van der Waals surface area (Å²) in [4.78, 5) is 2.30. The number of benzene rings is 1. The molecular formula is C12H19NO. The number of aromatic hydroxyl groups is 1. The highest BCUT2D eigenvalue weighted by molar-refractivity contribution is 5.25. The summed E-state index contributed by atoms with van der Waals surface area (Å²) < 4.78 is 0. The van der Waals surface area contributed by atoms with Gasteiger partial charge in [0.05, 0.1) is 0 Å². The quantitative estimate of drug-likeness (QED) is 0.777. The molecule has 0 spiro atoms. The molecule has 0 amide bonds. The minimum Gasteiger partial charge on any atom is -0.508 e. The summed E-state index contributed by atoms with van der Waals surface area (Å²) >= 11 is 0. The lowest BCUT2D eigenvalue weighted by molar-refractivity contribution is 0.320. The van der Waals surface area contributed by atoms with Crippen LogP contribution in [0, 0.1) is 0 Å². The second-order valence-electron chi connectivity index (χ2n) is 3.76. The van der Waals surface area contributed by atoms with Gasteiger partial charge < -0.3 is 10.0 Å².